The fourth-order valence-electron chi connectivity index (χ4n) is 3.36. The number of amides is 2. The molecule has 1 aliphatic rings. The highest BCUT2D eigenvalue weighted by Gasteiger charge is 2.42. The molecule has 0 radical (unpaired) electrons. The van der Waals surface area contributed by atoms with E-state index in [9.17, 15) is 32.3 Å². The van der Waals surface area contributed by atoms with Crippen molar-refractivity contribution in [3.05, 3.63) is 70.6 Å². The van der Waals surface area contributed by atoms with E-state index in [0.29, 0.717) is 5.56 Å². The van der Waals surface area contributed by atoms with Crippen LogP contribution in [-0.2, 0) is 22.3 Å². The van der Waals surface area contributed by atoms with Gasteiger partial charge in [-0.3, -0.25) is 14.5 Å². The van der Waals surface area contributed by atoms with E-state index in [2.05, 4.69) is 11.6 Å². The second kappa shape index (κ2) is 9.25. The second-order valence-corrected chi connectivity index (χ2v) is 7.57. The van der Waals surface area contributed by atoms with Crippen molar-refractivity contribution in [2.45, 2.75) is 25.2 Å². The summed E-state index contributed by atoms with van der Waals surface area (Å²) in [5.74, 6) is -2.58. The van der Waals surface area contributed by atoms with Crippen LogP contribution in [0.15, 0.2) is 48.7 Å². The lowest BCUT2D eigenvalue weighted by Crippen LogP contribution is -2.60. The van der Waals surface area contributed by atoms with Crippen LogP contribution in [0.25, 0.3) is 0 Å². The molecule has 0 saturated carbocycles. The molecule has 1 saturated heterocycles. The van der Waals surface area contributed by atoms with Gasteiger partial charge in [0.2, 0.25) is 5.91 Å². The zero-order chi connectivity index (χ0) is 23.6. The maximum atomic E-state index is 14.4. The standard InChI is InChI=1S/C21H18ClF4N3O3/c1-12(6-7-30)18-20(32)29(19-16(23)8-15(22)9-27-19)11-17(31)28(18)10-13-2-4-14(5-3-13)21(24,25)26/h2-5,8-9,18,30H,1,6-7,10-11H2. The minimum Gasteiger partial charge on any atom is -0.396 e. The molecule has 1 N–H and O–H groups in total. The number of pyridine rings is 1. The number of rotatable bonds is 6. The Labute approximate surface area is 185 Å². The SMILES string of the molecule is C=C(CCO)C1C(=O)N(c2ncc(Cl)cc2F)CC(=O)N1Cc1ccc(C(F)(F)F)cc1. The van der Waals surface area contributed by atoms with Crippen molar-refractivity contribution >= 4 is 29.2 Å². The van der Waals surface area contributed by atoms with E-state index < -0.39 is 42.0 Å². The van der Waals surface area contributed by atoms with Gasteiger partial charge in [0.25, 0.3) is 5.91 Å². The molecule has 1 aromatic heterocycles. The fraction of sp³-hybridized carbons (Fsp3) is 0.286. The van der Waals surface area contributed by atoms with Crippen LogP contribution < -0.4 is 4.90 Å². The molecule has 3 rings (SSSR count). The van der Waals surface area contributed by atoms with Crippen LogP contribution in [0.1, 0.15) is 17.5 Å². The molecular formula is C21H18ClF4N3O3. The van der Waals surface area contributed by atoms with Crippen LogP contribution in [0.5, 0.6) is 0 Å². The van der Waals surface area contributed by atoms with E-state index in [1.165, 1.54) is 12.1 Å². The molecule has 1 fully saturated rings. The molecule has 1 aliphatic heterocycles. The lowest BCUT2D eigenvalue weighted by atomic mass is 9.98. The number of aromatic nitrogens is 1. The first-order valence-corrected chi connectivity index (χ1v) is 9.77. The molecule has 170 valence electrons. The number of benzene rings is 1. The molecule has 0 aliphatic carbocycles. The van der Waals surface area contributed by atoms with E-state index in [1.807, 2.05) is 0 Å². The summed E-state index contributed by atoms with van der Waals surface area (Å²) >= 11 is 5.70. The smallest absolute Gasteiger partial charge is 0.396 e. The van der Waals surface area contributed by atoms with Crippen molar-refractivity contribution in [1.29, 1.82) is 0 Å². The quantitative estimate of drug-likeness (QED) is 0.516. The van der Waals surface area contributed by atoms with Crippen molar-refractivity contribution in [1.82, 2.24) is 9.88 Å². The third-order valence-electron chi connectivity index (χ3n) is 4.92. The summed E-state index contributed by atoms with van der Waals surface area (Å²) in [5, 5.41) is 9.28. The lowest BCUT2D eigenvalue weighted by Gasteiger charge is -2.40. The number of nitrogens with zero attached hydrogens (tertiary/aromatic N) is 3. The normalized spacial score (nSPS) is 17.1. The first-order chi connectivity index (χ1) is 15.0. The van der Waals surface area contributed by atoms with Crippen molar-refractivity contribution < 1.29 is 32.3 Å². The molecule has 1 atom stereocenters. The number of anilines is 1. The third kappa shape index (κ3) is 4.91. The predicted octanol–water partition coefficient (Wildman–Crippen LogP) is 3.58. The molecule has 1 unspecified atom stereocenters. The van der Waals surface area contributed by atoms with E-state index in [0.717, 1.165) is 34.2 Å². The molecule has 1 aromatic carbocycles. The van der Waals surface area contributed by atoms with Gasteiger partial charge in [-0.1, -0.05) is 30.3 Å². The van der Waals surface area contributed by atoms with Gasteiger partial charge in [-0.25, -0.2) is 9.37 Å². The van der Waals surface area contributed by atoms with Crippen LogP contribution in [-0.4, -0.2) is 46.0 Å². The average Bonchev–Trinajstić information content (AvgIpc) is 2.71. The van der Waals surface area contributed by atoms with Gasteiger partial charge in [-0.2, -0.15) is 13.2 Å². The summed E-state index contributed by atoms with van der Waals surface area (Å²) in [6.45, 7) is 2.71. The largest absolute Gasteiger partial charge is 0.416 e. The van der Waals surface area contributed by atoms with Gasteiger partial charge in [0.1, 0.15) is 12.6 Å². The Morgan fingerprint density at radius 1 is 1.25 bits per heavy atom. The Balaban J connectivity index is 1.93. The Morgan fingerprint density at radius 2 is 1.91 bits per heavy atom. The molecule has 11 heteroatoms. The van der Waals surface area contributed by atoms with E-state index >= 15 is 0 Å². The summed E-state index contributed by atoms with van der Waals surface area (Å²) in [7, 11) is 0. The predicted molar refractivity (Wildman–Crippen MR) is 108 cm³/mol. The molecule has 2 amide bonds. The zero-order valence-electron chi connectivity index (χ0n) is 16.6. The fourth-order valence-corrected chi connectivity index (χ4v) is 3.51. The number of alkyl halides is 3. The van der Waals surface area contributed by atoms with Crippen molar-refractivity contribution in [2.75, 3.05) is 18.1 Å². The lowest BCUT2D eigenvalue weighted by molar-refractivity contribution is -0.142. The number of piperazine rings is 1. The molecule has 0 bridgehead atoms. The van der Waals surface area contributed by atoms with Crippen molar-refractivity contribution in [3.63, 3.8) is 0 Å². The summed E-state index contributed by atoms with van der Waals surface area (Å²) in [4.78, 5) is 32.0. The van der Waals surface area contributed by atoms with Gasteiger partial charge < -0.3 is 10.0 Å². The third-order valence-corrected chi connectivity index (χ3v) is 5.13. The first-order valence-electron chi connectivity index (χ1n) is 9.39. The van der Waals surface area contributed by atoms with Crippen molar-refractivity contribution in [3.8, 4) is 0 Å². The van der Waals surface area contributed by atoms with E-state index in [1.54, 1.807) is 0 Å². The van der Waals surface area contributed by atoms with Crippen LogP contribution in [0.4, 0.5) is 23.4 Å². The molecule has 2 heterocycles. The van der Waals surface area contributed by atoms with E-state index in [4.69, 9.17) is 11.6 Å². The molecule has 32 heavy (non-hydrogen) atoms. The number of carbonyl (C=O) groups is 2. The summed E-state index contributed by atoms with van der Waals surface area (Å²) in [5.41, 5.74) is -0.305. The number of halogens is 5. The Kier molecular flexibility index (Phi) is 6.85. The Bertz CT molecular complexity index is 1040. The summed E-state index contributed by atoms with van der Waals surface area (Å²) in [6, 6.07) is 3.86. The maximum absolute atomic E-state index is 14.4. The molecular weight excluding hydrogens is 454 g/mol. The monoisotopic (exact) mass is 471 g/mol. The number of aliphatic hydroxyl groups excluding tert-OH is 1. The second-order valence-electron chi connectivity index (χ2n) is 7.13. The van der Waals surface area contributed by atoms with Gasteiger partial charge >= 0.3 is 6.18 Å². The van der Waals surface area contributed by atoms with Gasteiger partial charge in [-0.15, -0.1) is 0 Å². The molecule has 6 nitrogen and oxygen atoms in total. The molecule has 0 spiro atoms. The van der Waals surface area contributed by atoms with Crippen molar-refractivity contribution in [2.24, 2.45) is 0 Å². The maximum Gasteiger partial charge on any atom is 0.416 e. The van der Waals surface area contributed by atoms with Crippen LogP contribution in [0, 0.1) is 5.82 Å². The highest BCUT2D eigenvalue weighted by molar-refractivity contribution is 6.30. The highest BCUT2D eigenvalue weighted by Crippen LogP contribution is 2.31. The van der Waals surface area contributed by atoms with Gasteiger partial charge in [0.05, 0.1) is 10.6 Å². The van der Waals surface area contributed by atoms with Gasteiger partial charge in [0.15, 0.2) is 11.6 Å². The van der Waals surface area contributed by atoms with Crippen LogP contribution in [0.2, 0.25) is 5.02 Å². The van der Waals surface area contributed by atoms with E-state index in [-0.39, 0.29) is 36.0 Å². The molecule has 2 aromatic rings. The highest BCUT2D eigenvalue weighted by atomic mass is 35.5. The Morgan fingerprint density at radius 3 is 2.47 bits per heavy atom. The number of hydrogen-bond acceptors (Lipinski definition) is 4. The van der Waals surface area contributed by atoms with Crippen LogP contribution >= 0.6 is 11.6 Å². The van der Waals surface area contributed by atoms with Gasteiger partial charge in [0, 0.05) is 19.3 Å². The average molecular weight is 472 g/mol. The summed E-state index contributed by atoms with van der Waals surface area (Å²) < 4.78 is 52.8. The van der Waals surface area contributed by atoms with Crippen LogP contribution in [0.3, 0.4) is 0 Å². The number of hydrogen-bond donors (Lipinski definition) is 1. The Hall–Kier alpha value is -2.98. The minimum absolute atomic E-state index is 0.00667. The zero-order valence-corrected chi connectivity index (χ0v) is 17.3. The minimum atomic E-state index is -4.51. The summed E-state index contributed by atoms with van der Waals surface area (Å²) in [6.07, 6.45) is -3.40. The first kappa shape index (κ1) is 23.7. The number of carbonyl (C=O) groups excluding carboxylic acids is 2. The van der Waals surface area contributed by atoms with Gasteiger partial charge in [-0.05, 0) is 35.8 Å². The number of aliphatic hydroxyl groups is 1. The topological polar surface area (TPSA) is 73.7 Å².